The molecule has 0 radical (unpaired) electrons. The average Bonchev–Trinajstić information content (AvgIpc) is 2.88. The number of aromatic nitrogens is 3. The topological polar surface area (TPSA) is 80.3 Å². The van der Waals surface area contributed by atoms with Crippen LogP contribution in [0.2, 0.25) is 0 Å². The van der Waals surface area contributed by atoms with Crippen LogP contribution in [0.5, 0.6) is 0 Å². The molecule has 7 heteroatoms. The SMILES string of the molecule is Cc1cc(N)n(CC(=O)N2CCN(Cc3ncccc3C)CC2)n1. The minimum Gasteiger partial charge on any atom is -0.384 e. The van der Waals surface area contributed by atoms with E-state index in [1.54, 1.807) is 10.7 Å². The summed E-state index contributed by atoms with van der Waals surface area (Å²) in [5.41, 5.74) is 9.00. The number of hydrogen-bond acceptors (Lipinski definition) is 5. The van der Waals surface area contributed by atoms with Gasteiger partial charge < -0.3 is 10.6 Å². The number of rotatable bonds is 4. The highest BCUT2D eigenvalue weighted by Gasteiger charge is 2.22. The molecule has 0 aliphatic carbocycles. The van der Waals surface area contributed by atoms with Crippen LogP contribution in [-0.4, -0.2) is 56.7 Å². The molecule has 24 heavy (non-hydrogen) atoms. The summed E-state index contributed by atoms with van der Waals surface area (Å²) in [5.74, 6) is 0.601. The van der Waals surface area contributed by atoms with E-state index in [2.05, 4.69) is 28.0 Å². The fraction of sp³-hybridized carbons (Fsp3) is 0.471. The fourth-order valence-electron chi connectivity index (χ4n) is 2.97. The van der Waals surface area contributed by atoms with Gasteiger partial charge in [0.15, 0.2) is 0 Å². The summed E-state index contributed by atoms with van der Waals surface area (Å²) in [4.78, 5) is 21.1. The predicted octanol–water partition coefficient (Wildman–Crippen LogP) is 0.822. The standard InChI is InChI=1S/C17H24N6O/c1-13-4-3-5-19-15(13)11-21-6-8-22(9-7-21)17(24)12-23-16(18)10-14(2)20-23/h3-5,10H,6-9,11-12,18H2,1-2H3. The third-order valence-electron chi connectivity index (χ3n) is 4.43. The Labute approximate surface area is 142 Å². The first-order valence-electron chi connectivity index (χ1n) is 8.23. The van der Waals surface area contributed by atoms with Crippen LogP contribution in [0.25, 0.3) is 0 Å². The van der Waals surface area contributed by atoms with Gasteiger partial charge in [-0.15, -0.1) is 0 Å². The van der Waals surface area contributed by atoms with E-state index in [1.165, 1.54) is 5.56 Å². The van der Waals surface area contributed by atoms with Crippen LogP contribution in [0.15, 0.2) is 24.4 Å². The lowest BCUT2D eigenvalue weighted by molar-refractivity contribution is -0.133. The molecule has 7 nitrogen and oxygen atoms in total. The van der Waals surface area contributed by atoms with Crippen molar-refractivity contribution in [3.63, 3.8) is 0 Å². The van der Waals surface area contributed by atoms with E-state index in [-0.39, 0.29) is 12.5 Å². The van der Waals surface area contributed by atoms with Gasteiger partial charge in [0.2, 0.25) is 5.91 Å². The minimum atomic E-state index is 0.0680. The lowest BCUT2D eigenvalue weighted by atomic mass is 10.2. The highest BCUT2D eigenvalue weighted by molar-refractivity contribution is 5.76. The fourth-order valence-corrected chi connectivity index (χ4v) is 2.97. The van der Waals surface area contributed by atoms with E-state index in [0.29, 0.717) is 5.82 Å². The van der Waals surface area contributed by atoms with Crippen molar-refractivity contribution in [3.05, 3.63) is 41.3 Å². The first-order valence-corrected chi connectivity index (χ1v) is 8.23. The maximum absolute atomic E-state index is 12.4. The van der Waals surface area contributed by atoms with Crippen LogP contribution in [-0.2, 0) is 17.9 Å². The number of carbonyl (C=O) groups excluding carboxylic acids is 1. The second kappa shape index (κ2) is 7.00. The Kier molecular flexibility index (Phi) is 4.80. The lowest BCUT2D eigenvalue weighted by Gasteiger charge is -2.34. The predicted molar refractivity (Wildman–Crippen MR) is 92.2 cm³/mol. The van der Waals surface area contributed by atoms with E-state index in [1.807, 2.05) is 24.1 Å². The molecular weight excluding hydrogens is 304 g/mol. The maximum Gasteiger partial charge on any atom is 0.244 e. The maximum atomic E-state index is 12.4. The molecule has 2 aromatic heterocycles. The Hall–Kier alpha value is -2.41. The number of nitrogens with two attached hydrogens (primary N) is 1. The second-order valence-electron chi connectivity index (χ2n) is 6.29. The van der Waals surface area contributed by atoms with Crippen LogP contribution in [0.1, 0.15) is 17.0 Å². The van der Waals surface area contributed by atoms with E-state index < -0.39 is 0 Å². The smallest absolute Gasteiger partial charge is 0.244 e. The Morgan fingerprint density at radius 2 is 2.00 bits per heavy atom. The summed E-state index contributed by atoms with van der Waals surface area (Å²) < 4.78 is 1.57. The van der Waals surface area contributed by atoms with E-state index in [4.69, 9.17) is 5.73 Å². The number of aryl methyl sites for hydroxylation is 2. The van der Waals surface area contributed by atoms with Gasteiger partial charge in [-0.2, -0.15) is 5.10 Å². The highest BCUT2D eigenvalue weighted by Crippen LogP contribution is 2.11. The largest absolute Gasteiger partial charge is 0.384 e. The number of pyridine rings is 1. The van der Waals surface area contributed by atoms with Crippen LogP contribution < -0.4 is 5.73 Å². The zero-order valence-electron chi connectivity index (χ0n) is 14.3. The van der Waals surface area contributed by atoms with Crippen molar-refractivity contribution in [2.24, 2.45) is 0 Å². The van der Waals surface area contributed by atoms with E-state index >= 15 is 0 Å². The van der Waals surface area contributed by atoms with Crippen LogP contribution in [0, 0.1) is 13.8 Å². The zero-order chi connectivity index (χ0) is 17.1. The van der Waals surface area contributed by atoms with E-state index in [9.17, 15) is 4.79 Å². The number of anilines is 1. The van der Waals surface area contributed by atoms with Gasteiger partial charge in [-0.3, -0.25) is 14.7 Å². The minimum absolute atomic E-state index is 0.0680. The third-order valence-corrected chi connectivity index (χ3v) is 4.43. The van der Waals surface area contributed by atoms with Gasteiger partial charge >= 0.3 is 0 Å². The molecule has 1 aliphatic rings. The van der Waals surface area contributed by atoms with Gasteiger partial charge in [0.1, 0.15) is 12.4 Å². The molecule has 0 aromatic carbocycles. The number of amides is 1. The van der Waals surface area contributed by atoms with Gasteiger partial charge in [0.05, 0.1) is 11.4 Å². The molecule has 128 valence electrons. The van der Waals surface area contributed by atoms with Crippen molar-refractivity contribution in [2.45, 2.75) is 26.9 Å². The van der Waals surface area contributed by atoms with Gasteiger partial charge in [-0.25, -0.2) is 4.68 Å². The molecule has 2 N–H and O–H groups in total. The van der Waals surface area contributed by atoms with Crippen molar-refractivity contribution in [1.82, 2.24) is 24.6 Å². The summed E-state index contributed by atoms with van der Waals surface area (Å²) in [6, 6.07) is 5.82. The summed E-state index contributed by atoms with van der Waals surface area (Å²) in [6.45, 7) is 8.16. The van der Waals surface area contributed by atoms with Crippen molar-refractivity contribution in [1.29, 1.82) is 0 Å². The lowest BCUT2D eigenvalue weighted by Crippen LogP contribution is -2.49. The molecule has 3 heterocycles. The van der Waals surface area contributed by atoms with Crippen molar-refractivity contribution in [3.8, 4) is 0 Å². The van der Waals surface area contributed by atoms with Crippen molar-refractivity contribution in [2.75, 3.05) is 31.9 Å². The number of nitrogen functional groups attached to an aromatic ring is 1. The summed E-state index contributed by atoms with van der Waals surface area (Å²) in [6.07, 6.45) is 1.83. The Balaban J connectivity index is 1.52. The van der Waals surface area contributed by atoms with Crippen LogP contribution in [0.4, 0.5) is 5.82 Å². The monoisotopic (exact) mass is 328 g/mol. The average molecular weight is 328 g/mol. The first-order chi connectivity index (χ1) is 11.5. The number of carbonyl (C=O) groups is 1. The zero-order valence-corrected chi connectivity index (χ0v) is 14.3. The Morgan fingerprint density at radius 1 is 1.25 bits per heavy atom. The van der Waals surface area contributed by atoms with Crippen LogP contribution >= 0.6 is 0 Å². The molecular formula is C17H24N6O. The second-order valence-corrected chi connectivity index (χ2v) is 6.29. The molecule has 1 saturated heterocycles. The van der Waals surface area contributed by atoms with Crippen molar-refractivity contribution < 1.29 is 4.79 Å². The highest BCUT2D eigenvalue weighted by atomic mass is 16.2. The van der Waals surface area contributed by atoms with Gasteiger partial charge in [-0.1, -0.05) is 6.07 Å². The first kappa shape index (κ1) is 16.4. The number of piperazine rings is 1. The molecule has 0 unspecified atom stereocenters. The normalized spacial score (nSPS) is 15.7. The summed E-state index contributed by atoms with van der Waals surface area (Å²) in [5, 5.41) is 4.25. The number of nitrogens with zero attached hydrogens (tertiary/aromatic N) is 5. The molecule has 1 fully saturated rings. The molecule has 1 amide bonds. The Morgan fingerprint density at radius 3 is 2.62 bits per heavy atom. The van der Waals surface area contributed by atoms with Gasteiger partial charge in [0, 0.05) is 45.0 Å². The number of hydrogen-bond donors (Lipinski definition) is 1. The van der Waals surface area contributed by atoms with Gasteiger partial charge in [0.25, 0.3) is 0 Å². The molecule has 0 saturated carbocycles. The Bertz CT molecular complexity index is 718. The molecule has 3 rings (SSSR count). The molecule has 0 spiro atoms. The van der Waals surface area contributed by atoms with E-state index in [0.717, 1.165) is 44.1 Å². The molecule has 0 atom stereocenters. The molecule has 2 aromatic rings. The van der Waals surface area contributed by atoms with Crippen LogP contribution in [0.3, 0.4) is 0 Å². The molecule has 1 aliphatic heterocycles. The summed E-state index contributed by atoms with van der Waals surface area (Å²) in [7, 11) is 0. The van der Waals surface area contributed by atoms with Crippen molar-refractivity contribution >= 4 is 11.7 Å². The molecule has 0 bridgehead atoms. The van der Waals surface area contributed by atoms with Gasteiger partial charge in [-0.05, 0) is 25.5 Å². The summed E-state index contributed by atoms with van der Waals surface area (Å²) >= 11 is 0. The quantitative estimate of drug-likeness (QED) is 0.899. The third kappa shape index (κ3) is 3.73.